The maximum absolute atomic E-state index is 6.14. The lowest BCUT2D eigenvalue weighted by atomic mass is 10.1. The smallest absolute Gasteiger partial charge is 0.144 e. The Kier molecular flexibility index (Phi) is 3.36. The quantitative estimate of drug-likeness (QED) is 0.453. The number of hydrogen-bond donors (Lipinski definition) is 0. The average molecular weight is 331 g/mol. The van der Waals surface area contributed by atoms with Gasteiger partial charge in [-0.2, -0.15) is 0 Å². The van der Waals surface area contributed by atoms with Gasteiger partial charge in [0.05, 0.1) is 13.8 Å². The zero-order valence-corrected chi connectivity index (χ0v) is 15.6. The summed E-state index contributed by atoms with van der Waals surface area (Å²) >= 11 is 0. The van der Waals surface area contributed by atoms with Gasteiger partial charge in [-0.1, -0.05) is 50.0 Å². The zero-order chi connectivity index (χ0) is 16.9. The van der Waals surface area contributed by atoms with Gasteiger partial charge in [0.25, 0.3) is 0 Å². The molecule has 0 aliphatic heterocycles. The Morgan fingerprint density at radius 3 is 2.42 bits per heavy atom. The Bertz CT molecular complexity index is 1060. The van der Waals surface area contributed by atoms with E-state index in [9.17, 15) is 0 Å². The molecule has 3 heteroatoms. The predicted molar refractivity (Wildman–Crippen MR) is 105 cm³/mol. The molecule has 0 saturated heterocycles. The number of aromatic nitrogens is 1. The van der Waals surface area contributed by atoms with E-state index in [4.69, 9.17) is 9.40 Å². The fourth-order valence-electron chi connectivity index (χ4n) is 3.44. The summed E-state index contributed by atoms with van der Waals surface area (Å²) in [5.74, 6) is 0. The van der Waals surface area contributed by atoms with Crippen molar-refractivity contribution >= 4 is 35.2 Å². The molecule has 0 unspecified atom stereocenters. The van der Waals surface area contributed by atoms with Gasteiger partial charge in [0, 0.05) is 22.5 Å². The maximum Gasteiger partial charge on any atom is 0.144 e. The highest BCUT2D eigenvalue weighted by molar-refractivity contribution is 6.89. The highest BCUT2D eigenvalue weighted by Gasteiger charge is 2.20. The molecule has 24 heavy (non-hydrogen) atoms. The summed E-state index contributed by atoms with van der Waals surface area (Å²) in [5.41, 5.74) is 5.22. The monoisotopic (exact) mass is 331 g/mol. The largest absolute Gasteiger partial charge is 0.455 e. The summed E-state index contributed by atoms with van der Waals surface area (Å²) in [6.45, 7) is 9.27. The van der Waals surface area contributed by atoms with E-state index in [0.29, 0.717) is 0 Å². The first-order valence-corrected chi connectivity index (χ1v) is 11.8. The molecular formula is C21H21NOSi. The minimum Gasteiger partial charge on any atom is -0.455 e. The van der Waals surface area contributed by atoms with Gasteiger partial charge >= 0.3 is 0 Å². The van der Waals surface area contributed by atoms with Gasteiger partial charge in [-0.3, -0.25) is 4.98 Å². The molecule has 0 saturated carbocycles. The molecule has 2 aromatic carbocycles. The van der Waals surface area contributed by atoms with Crippen LogP contribution in [0.25, 0.3) is 33.2 Å². The number of pyridine rings is 1. The first-order chi connectivity index (χ1) is 11.4. The van der Waals surface area contributed by atoms with Crippen LogP contribution in [0.5, 0.6) is 0 Å². The van der Waals surface area contributed by atoms with Crippen molar-refractivity contribution in [2.24, 2.45) is 0 Å². The highest BCUT2D eigenvalue weighted by atomic mass is 28.3. The Hall–Kier alpha value is -2.39. The Balaban J connectivity index is 1.95. The Labute approximate surface area is 143 Å². The van der Waals surface area contributed by atoms with Gasteiger partial charge < -0.3 is 4.42 Å². The van der Waals surface area contributed by atoms with Gasteiger partial charge in [0.2, 0.25) is 0 Å². The second kappa shape index (κ2) is 5.31. The van der Waals surface area contributed by atoms with Crippen LogP contribution in [0, 0.1) is 6.92 Å². The Morgan fingerprint density at radius 1 is 0.917 bits per heavy atom. The molecule has 4 rings (SSSR count). The molecule has 2 nitrogen and oxygen atoms in total. The van der Waals surface area contributed by atoms with Crippen LogP contribution in [0.3, 0.4) is 0 Å². The third-order valence-electron chi connectivity index (χ3n) is 4.60. The molecule has 0 fully saturated rings. The first-order valence-electron chi connectivity index (χ1n) is 8.33. The molecule has 2 heterocycles. The van der Waals surface area contributed by atoms with Crippen LogP contribution in [0.15, 0.2) is 59.1 Å². The molecule has 0 bridgehead atoms. The molecule has 0 N–H and O–H groups in total. The lowest BCUT2D eigenvalue weighted by Crippen LogP contribution is -2.39. The summed E-state index contributed by atoms with van der Waals surface area (Å²) in [4.78, 5) is 4.77. The standard InChI is InChI=1S/C21H21NOSi/c1-14-12-18(22-13-20(14)24(2,3)4)17-10-7-9-16-15-8-5-6-11-19(15)23-21(16)17/h5-13H,1-4H3. The van der Waals surface area contributed by atoms with E-state index in [1.165, 1.54) is 10.8 Å². The molecule has 0 amide bonds. The molecule has 4 aromatic rings. The highest BCUT2D eigenvalue weighted by Crippen LogP contribution is 2.34. The van der Waals surface area contributed by atoms with Crippen LogP contribution in [-0.2, 0) is 0 Å². The van der Waals surface area contributed by atoms with E-state index in [1.54, 1.807) is 0 Å². The fourth-order valence-corrected chi connectivity index (χ4v) is 5.14. The summed E-state index contributed by atoms with van der Waals surface area (Å²) in [6, 6.07) is 16.7. The second-order valence-corrected chi connectivity index (χ2v) is 12.5. The topological polar surface area (TPSA) is 26.0 Å². The number of benzene rings is 2. The van der Waals surface area contributed by atoms with Crippen molar-refractivity contribution in [3.8, 4) is 11.3 Å². The SMILES string of the molecule is Cc1cc(-c2cccc3c2oc2ccccc23)ncc1[Si](C)(C)C. The molecule has 120 valence electrons. The molecule has 0 aliphatic carbocycles. The van der Waals surface area contributed by atoms with Crippen molar-refractivity contribution in [3.05, 3.63) is 60.3 Å². The average Bonchev–Trinajstić information content (AvgIpc) is 2.92. The summed E-state index contributed by atoms with van der Waals surface area (Å²) in [6.07, 6.45) is 2.07. The normalized spacial score (nSPS) is 12.2. The van der Waals surface area contributed by atoms with Crippen molar-refractivity contribution in [1.82, 2.24) is 4.98 Å². The number of rotatable bonds is 2. The third-order valence-corrected chi connectivity index (χ3v) is 6.74. The van der Waals surface area contributed by atoms with Crippen LogP contribution in [-0.4, -0.2) is 13.1 Å². The third kappa shape index (κ3) is 2.36. The maximum atomic E-state index is 6.14. The minimum absolute atomic E-state index is 0.923. The van der Waals surface area contributed by atoms with E-state index in [-0.39, 0.29) is 0 Å². The molecule has 0 atom stereocenters. The van der Waals surface area contributed by atoms with Crippen molar-refractivity contribution < 1.29 is 4.42 Å². The van der Waals surface area contributed by atoms with Crippen LogP contribution in [0.1, 0.15) is 5.56 Å². The number of nitrogens with zero attached hydrogens (tertiary/aromatic N) is 1. The van der Waals surface area contributed by atoms with Gasteiger partial charge in [-0.25, -0.2) is 0 Å². The number of aryl methyl sites for hydroxylation is 1. The van der Waals surface area contributed by atoms with Crippen molar-refractivity contribution in [3.63, 3.8) is 0 Å². The second-order valence-electron chi connectivity index (χ2n) is 7.41. The molecular weight excluding hydrogens is 310 g/mol. The van der Waals surface area contributed by atoms with Crippen LogP contribution >= 0.6 is 0 Å². The van der Waals surface area contributed by atoms with Crippen molar-refractivity contribution in [1.29, 1.82) is 0 Å². The van der Waals surface area contributed by atoms with E-state index in [0.717, 1.165) is 33.2 Å². The first kappa shape index (κ1) is 15.2. The molecule has 0 radical (unpaired) electrons. The van der Waals surface area contributed by atoms with Gasteiger partial charge in [-0.15, -0.1) is 0 Å². The zero-order valence-electron chi connectivity index (χ0n) is 14.6. The van der Waals surface area contributed by atoms with E-state index >= 15 is 0 Å². The number of fused-ring (bicyclic) bond motifs is 3. The summed E-state index contributed by atoms with van der Waals surface area (Å²) in [7, 11) is -1.37. The van der Waals surface area contributed by atoms with Crippen LogP contribution < -0.4 is 5.19 Å². The Morgan fingerprint density at radius 2 is 1.67 bits per heavy atom. The van der Waals surface area contributed by atoms with Crippen LogP contribution in [0.2, 0.25) is 19.6 Å². The van der Waals surface area contributed by atoms with Gasteiger partial charge in [0.15, 0.2) is 0 Å². The summed E-state index contributed by atoms with van der Waals surface area (Å²) < 4.78 is 6.14. The number of hydrogen-bond acceptors (Lipinski definition) is 2. The van der Waals surface area contributed by atoms with Crippen LogP contribution in [0.4, 0.5) is 0 Å². The molecule has 2 aromatic heterocycles. The summed E-state index contributed by atoms with van der Waals surface area (Å²) in [5, 5.41) is 3.73. The molecule has 0 aliphatic rings. The van der Waals surface area contributed by atoms with Gasteiger partial charge in [0.1, 0.15) is 11.2 Å². The van der Waals surface area contributed by atoms with Gasteiger partial charge in [-0.05, 0) is 35.9 Å². The van der Waals surface area contributed by atoms with E-state index < -0.39 is 8.07 Å². The molecule has 0 spiro atoms. The fraction of sp³-hybridized carbons (Fsp3) is 0.190. The lowest BCUT2D eigenvalue weighted by molar-refractivity contribution is 0.670. The van der Waals surface area contributed by atoms with Crippen molar-refractivity contribution in [2.45, 2.75) is 26.6 Å². The lowest BCUT2D eigenvalue weighted by Gasteiger charge is -2.19. The van der Waals surface area contributed by atoms with Crippen molar-refractivity contribution in [2.75, 3.05) is 0 Å². The predicted octanol–water partition coefficient (Wildman–Crippen LogP) is 5.50. The number of para-hydroxylation sites is 2. The minimum atomic E-state index is -1.37. The van der Waals surface area contributed by atoms with E-state index in [1.807, 2.05) is 12.1 Å². The van der Waals surface area contributed by atoms with E-state index in [2.05, 4.69) is 69.2 Å². The number of furan rings is 1.